The zero-order valence-electron chi connectivity index (χ0n) is 26.0. The molecule has 0 bridgehead atoms. The molecule has 1 fully saturated rings. The maximum atomic E-state index is 15.3. The number of halogens is 1. The molecule has 1 saturated heterocycles. The number of nitrogens with zero attached hydrogens (tertiary/aromatic N) is 2. The van der Waals surface area contributed by atoms with Crippen LogP contribution >= 0.6 is 0 Å². The highest BCUT2D eigenvalue weighted by Crippen LogP contribution is 2.41. The van der Waals surface area contributed by atoms with E-state index in [0.717, 1.165) is 23.1 Å². The molecule has 2 aliphatic heterocycles. The fourth-order valence-electron chi connectivity index (χ4n) is 6.08. The van der Waals surface area contributed by atoms with Gasteiger partial charge in [-0.25, -0.2) is 4.39 Å². The van der Waals surface area contributed by atoms with Gasteiger partial charge in [0.1, 0.15) is 5.82 Å². The normalized spacial score (nSPS) is 16.1. The van der Waals surface area contributed by atoms with E-state index in [1.54, 1.807) is 15.9 Å². The molecular weight excluding hydrogens is 563 g/mol. The standard InChI is InChI=1S/C35H41FN2O6/c1-5-41-30-14-11-23(19-31(30)42-6-2)18-29-26-22-33(44-8-4)32(43-7-3)20-24(26)15-17-38(29)35(40)27-21-25(12-13-28(27)36)37-16-9-10-34(37)39/h11-14,19-22,29H,5-10,15-18H2,1-4H3. The smallest absolute Gasteiger partial charge is 0.257 e. The lowest BCUT2D eigenvalue weighted by Crippen LogP contribution is -2.41. The Labute approximate surface area is 258 Å². The Morgan fingerprint density at radius 1 is 0.795 bits per heavy atom. The molecule has 0 saturated carbocycles. The van der Waals surface area contributed by atoms with Crippen molar-refractivity contribution in [2.45, 2.75) is 59.4 Å². The lowest BCUT2D eigenvalue weighted by molar-refractivity contribution is -0.117. The molecular formula is C35H41FN2O6. The molecule has 0 aromatic heterocycles. The Hall–Kier alpha value is -4.27. The van der Waals surface area contributed by atoms with Gasteiger partial charge in [-0.2, -0.15) is 0 Å². The van der Waals surface area contributed by atoms with Crippen LogP contribution in [0.3, 0.4) is 0 Å². The van der Waals surface area contributed by atoms with E-state index in [0.29, 0.717) is 87.5 Å². The van der Waals surface area contributed by atoms with Gasteiger partial charge >= 0.3 is 0 Å². The molecule has 0 radical (unpaired) electrons. The first kappa shape index (κ1) is 31.2. The fourth-order valence-corrected chi connectivity index (χ4v) is 6.08. The van der Waals surface area contributed by atoms with Gasteiger partial charge in [0, 0.05) is 25.2 Å². The number of amides is 2. The predicted molar refractivity (Wildman–Crippen MR) is 167 cm³/mol. The molecule has 1 unspecified atom stereocenters. The van der Waals surface area contributed by atoms with Crippen molar-refractivity contribution in [2.24, 2.45) is 0 Å². The van der Waals surface area contributed by atoms with Crippen LogP contribution in [0.5, 0.6) is 23.0 Å². The zero-order valence-corrected chi connectivity index (χ0v) is 26.0. The topological polar surface area (TPSA) is 77.5 Å². The van der Waals surface area contributed by atoms with Crippen molar-refractivity contribution in [1.82, 2.24) is 4.90 Å². The van der Waals surface area contributed by atoms with Crippen molar-refractivity contribution in [3.63, 3.8) is 0 Å². The predicted octanol–water partition coefficient (Wildman–Crippen LogP) is 6.53. The van der Waals surface area contributed by atoms with Gasteiger partial charge < -0.3 is 28.7 Å². The van der Waals surface area contributed by atoms with Crippen LogP contribution < -0.4 is 23.8 Å². The minimum atomic E-state index is -0.614. The van der Waals surface area contributed by atoms with Gasteiger partial charge in [0.25, 0.3) is 5.91 Å². The summed E-state index contributed by atoms with van der Waals surface area (Å²) in [4.78, 5) is 30.0. The van der Waals surface area contributed by atoms with Gasteiger partial charge in [-0.3, -0.25) is 9.59 Å². The molecule has 0 spiro atoms. The highest BCUT2D eigenvalue weighted by atomic mass is 19.1. The Morgan fingerprint density at radius 3 is 2.11 bits per heavy atom. The molecule has 9 heteroatoms. The van der Waals surface area contributed by atoms with Crippen molar-refractivity contribution in [2.75, 3.05) is 44.4 Å². The maximum Gasteiger partial charge on any atom is 0.257 e. The summed E-state index contributed by atoms with van der Waals surface area (Å²) in [5, 5.41) is 0. The van der Waals surface area contributed by atoms with Gasteiger partial charge in [0.15, 0.2) is 23.0 Å². The fraction of sp³-hybridized carbons (Fsp3) is 0.429. The van der Waals surface area contributed by atoms with Crippen molar-refractivity contribution < 1.29 is 32.9 Å². The third kappa shape index (κ3) is 6.47. The quantitative estimate of drug-likeness (QED) is 0.234. The zero-order chi connectivity index (χ0) is 31.2. The minimum Gasteiger partial charge on any atom is -0.490 e. The Morgan fingerprint density at radius 2 is 1.45 bits per heavy atom. The van der Waals surface area contributed by atoms with E-state index in [2.05, 4.69) is 0 Å². The lowest BCUT2D eigenvalue weighted by atomic mass is 9.87. The van der Waals surface area contributed by atoms with E-state index < -0.39 is 17.8 Å². The van der Waals surface area contributed by atoms with E-state index in [4.69, 9.17) is 18.9 Å². The SMILES string of the molecule is CCOc1ccc(CC2c3cc(OCC)c(OCC)cc3CCN2C(=O)c2cc(N3CCCC3=O)ccc2F)cc1OCC. The van der Waals surface area contributed by atoms with E-state index in [1.165, 1.54) is 12.1 Å². The summed E-state index contributed by atoms with van der Waals surface area (Å²) >= 11 is 0. The van der Waals surface area contributed by atoms with Gasteiger partial charge in [-0.1, -0.05) is 6.07 Å². The first-order chi connectivity index (χ1) is 21.4. The number of carbonyl (C=O) groups excluding carboxylic acids is 2. The molecule has 5 rings (SSSR count). The Bertz CT molecular complexity index is 1510. The second kappa shape index (κ2) is 14.0. The van der Waals surface area contributed by atoms with Crippen molar-refractivity contribution in [3.8, 4) is 23.0 Å². The number of carbonyl (C=O) groups is 2. The molecule has 0 aliphatic carbocycles. The van der Waals surface area contributed by atoms with E-state index >= 15 is 4.39 Å². The molecule has 234 valence electrons. The maximum absolute atomic E-state index is 15.3. The van der Waals surface area contributed by atoms with Crippen molar-refractivity contribution in [1.29, 1.82) is 0 Å². The molecule has 2 amide bonds. The average molecular weight is 605 g/mol. The Kier molecular flexibility index (Phi) is 9.92. The average Bonchev–Trinajstić information content (AvgIpc) is 3.45. The van der Waals surface area contributed by atoms with Crippen LogP contribution in [0.25, 0.3) is 0 Å². The summed E-state index contributed by atoms with van der Waals surface area (Å²) in [5.74, 6) is 1.51. The molecule has 1 atom stereocenters. The van der Waals surface area contributed by atoms with Crippen LogP contribution in [0, 0.1) is 5.82 Å². The van der Waals surface area contributed by atoms with Crippen LogP contribution in [-0.2, 0) is 17.6 Å². The molecule has 44 heavy (non-hydrogen) atoms. The molecule has 2 heterocycles. The third-order valence-electron chi connectivity index (χ3n) is 8.03. The van der Waals surface area contributed by atoms with Gasteiger partial charge in [0.05, 0.1) is 38.0 Å². The summed E-state index contributed by atoms with van der Waals surface area (Å²) in [6, 6.07) is 13.7. The second-order valence-corrected chi connectivity index (χ2v) is 10.8. The largest absolute Gasteiger partial charge is 0.490 e. The summed E-state index contributed by atoms with van der Waals surface area (Å²) in [5.41, 5.74) is 3.41. The monoisotopic (exact) mass is 604 g/mol. The van der Waals surface area contributed by atoms with Crippen LogP contribution in [0.15, 0.2) is 48.5 Å². The summed E-state index contributed by atoms with van der Waals surface area (Å²) < 4.78 is 38.9. The summed E-state index contributed by atoms with van der Waals surface area (Å²) in [6.45, 7) is 10.6. The minimum absolute atomic E-state index is 0.0195. The number of hydrogen-bond donors (Lipinski definition) is 0. The van der Waals surface area contributed by atoms with Crippen LogP contribution in [-0.4, -0.2) is 56.2 Å². The molecule has 3 aromatic rings. The van der Waals surface area contributed by atoms with E-state index in [-0.39, 0.29) is 11.5 Å². The van der Waals surface area contributed by atoms with Crippen LogP contribution in [0.4, 0.5) is 10.1 Å². The number of rotatable bonds is 12. The van der Waals surface area contributed by atoms with Crippen LogP contribution in [0.1, 0.15) is 73.6 Å². The Balaban J connectivity index is 1.57. The second-order valence-electron chi connectivity index (χ2n) is 10.8. The van der Waals surface area contributed by atoms with Crippen molar-refractivity contribution in [3.05, 3.63) is 76.6 Å². The van der Waals surface area contributed by atoms with Crippen molar-refractivity contribution >= 4 is 17.5 Å². The number of anilines is 1. The first-order valence-corrected chi connectivity index (χ1v) is 15.6. The highest BCUT2D eigenvalue weighted by Gasteiger charge is 2.35. The number of hydrogen-bond acceptors (Lipinski definition) is 6. The molecule has 2 aliphatic rings. The van der Waals surface area contributed by atoms with Gasteiger partial charge in [-0.05, 0) is 106 Å². The third-order valence-corrected chi connectivity index (χ3v) is 8.03. The summed E-state index contributed by atoms with van der Waals surface area (Å²) in [7, 11) is 0. The van der Waals surface area contributed by atoms with Gasteiger partial charge in [-0.15, -0.1) is 0 Å². The lowest BCUT2D eigenvalue weighted by Gasteiger charge is -2.38. The molecule has 8 nitrogen and oxygen atoms in total. The van der Waals surface area contributed by atoms with E-state index in [9.17, 15) is 9.59 Å². The van der Waals surface area contributed by atoms with Crippen LogP contribution in [0.2, 0.25) is 0 Å². The van der Waals surface area contributed by atoms with Gasteiger partial charge in [0.2, 0.25) is 5.91 Å². The number of fused-ring (bicyclic) bond motifs is 1. The van der Waals surface area contributed by atoms with E-state index in [1.807, 2.05) is 58.0 Å². The number of benzene rings is 3. The first-order valence-electron chi connectivity index (χ1n) is 15.6. The highest BCUT2D eigenvalue weighted by molar-refractivity contribution is 5.99. The molecule has 3 aromatic carbocycles. The summed E-state index contributed by atoms with van der Waals surface area (Å²) in [6.07, 6.45) is 2.21. The molecule has 0 N–H and O–H groups in total. The number of ether oxygens (including phenoxy) is 4.